The van der Waals surface area contributed by atoms with E-state index in [4.69, 9.17) is 0 Å². The van der Waals surface area contributed by atoms with Crippen LogP contribution in [0.1, 0.15) is 17.2 Å². The molecule has 0 fully saturated rings. The zero-order valence-electron chi connectivity index (χ0n) is 9.22. The maximum atomic E-state index is 13.5. The highest BCUT2D eigenvalue weighted by Gasteiger charge is 2.51. The van der Waals surface area contributed by atoms with Crippen molar-refractivity contribution < 1.29 is 17.2 Å². The molecule has 0 saturated carbocycles. The Labute approximate surface area is 97.5 Å². The molecule has 0 saturated heterocycles. The minimum Gasteiger partial charge on any atom is -0.223 e. The highest BCUT2D eigenvalue weighted by molar-refractivity contribution is 7.91. The van der Waals surface area contributed by atoms with Crippen molar-refractivity contribution in [3.8, 4) is 0 Å². The maximum Gasteiger partial charge on any atom is 0.374 e. The van der Waals surface area contributed by atoms with Crippen LogP contribution in [0.2, 0.25) is 0 Å². The van der Waals surface area contributed by atoms with Crippen LogP contribution in [0.4, 0.5) is 8.78 Å². The van der Waals surface area contributed by atoms with E-state index in [1.165, 1.54) is 24.3 Å². The molecule has 1 aromatic carbocycles. The smallest absolute Gasteiger partial charge is 0.223 e. The van der Waals surface area contributed by atoms with E-state index in [2.05, 4.69) is 5.18 Å². The topological polar surface area (TPSA) is 63.6 Å². The molecular formula is C10H11F2NO3S. The molecule has 0 bridgehead atoms. The molecule has 0 spiro atoms. The molecule has 4 nitrogen and oxygen atoms in total. The van der Waals surface area contributed by atoms with Crippen LogP contribution >= 0.6 is 0 Å². The van der Waals surface area contributed by atoms with Crippen molar-refractivity contribution in [1.29, 1.82) is 0 Å². The third kappa shape index (κ3) is 2.66. The van der Waals surface area contributed by atoms with Gasteiger partial charge in [0.2, 0.25) is 9.84 Å². The van der Waals surface area contributed by atoms with Crippen molar-refractivity contribution in [3.05, 3.63) is 40.3 Å². The number of sulfone groups is 1. The van der Waals surface area contributed by atoms with Crippen LogP contribution in [0, 0.1) is 11.8 Å². The zero-order chi connectivity index (χ0) is 13.3. The molecule has 0 aromatic heterocycles. The number of hydrogen-bond acceptors (Lipinski definition) is 4. The molecule has 1 aromatic rings. The fourth-order valence-electron chi connectivity index (χ4n) is 1.27. The molecule has 0 radical (unpaired) electrons. The van der Waals surface area contributed by atoms with Crippen molar-refractivity contribution in [3.63, 3.8) is 0 Å². The summed E-state index contributed by atoms with van der Waals surface area (Å²) >= 11 is 0. The van der Waals surface area contributed by atoms with Crippen LogP contribution < -0.4 is 0 Å². The molecule has 0 aliphatic rings. The number of nitroso groups, excluding NO2 is 1. The van der Waals surface area contributed by atoms with Gasteiger partial charge in [-0.15, -0.1) is 4.91 Å². The van der Waals surface area contributed by atoms with Crippen molar-refractivity contribution >= 4 is 9.84 Å². The van der Waals surface area contributed by atoms with Gasteiger partial charge in [0.25, 0.3) is 0 Å². The SMILES string of the molecule is Cc1ccc(C(N=O)C(F)(F)S(C)(=O)=O)cc1. The van der Waals surface area contributed by atoms with Crippen LogP contribution in [0.3, 0.4) is 0 Å². The third-order valence-corrected chi connectivity index (χ3v) is 3.52. The first-order chi connectivity index (χ1) is 7.70. The lowest BCUT2D eigenvalue weighted by atomic mass is 10.1. The molecule has 0 aliphatic carbocycles. The van der Waals surface area contributed by atoms with Gasteiger partial charge in [-0.2, -0.15) is 8.78 Å². The van der Waals surface area contributed by atoms with Gasteiger partial charge >= 0.3 is 5.25 Å². The number of benzene rings is 1. The van der Waals surface area contributed by atoms with Crippen LogP contribution in [0.25, 0.3) is 0 Å². The van der Waals surface area contributed by atoms with E-state index in [0.717, 1.165) is 5.56 Å². The van der Waals surface area contributed by atoms with Gasteiger partial charge in [-0.3, -0.25) is 0 Å². The Hall–Kier alpha value is -1.37. The van der Waals surface area contributed by atoms with Gasteiger partial charge in [-0.05, 0) is 12.5 Å². The Balaban J connectivity index is 3.25. The minimum absolute atomic E-state index is 0.124. The molecule has 1 atom stereocenters. The van der Waals surface area contributed by atoms with Crippen molar-refractivity contribution in [1.82, 2.24) is 0 Å². The molecule has 1 unspecified atom stereocenters. The van der Waals surface area contributed by atoms with Crippen LogP contribution in [0.5, 0.6) is 0 Å². The molecule has 0 N–H and O–H groups in total. The summed E-state index contributed by atoms with van der Waals surface area (Å²) in [5.74, 6) is 0. The van der Waals surface area contributed by atoms with Crippen molar-refractivity contribution in [2.24, 2.45) is 5.18 Å². The fraction of sp³-hybridized carbons (Fsp3) is 0.400. The number of rotatable bonds is 4. The molecule has 7 heteroatoms. The highest BCUT2D eigenvalue weighted by Crippen LogP contribution is 2.38. The summed E-state index contributed by atoms with van der Waals surface area (Å²) in [5, 5.41) is -1.96. The van der Waals surface area contributed by atoms with E-state index in [-0.39, 0.29) is 5.56 Å². The highest BCUT2D eigenvalue weighted by atomic mass is 32.2. The Morgan fingerprint density at radius 3 is 2.06 bits per heavy atom. The second-order valence-electron chi connectivity index (χ2n) is 3.75. The average Bonchev–Trinajstić information content (AvgIpc) is 2.20. The number of nitrogens with zero attached hydrogens (tertiary/aromatic N) is 1. The molecule has 94 valence electrons. The Kier molecular flexibility index (Phi) is 3.61. The first kappa shape index (κ1) is 13.7. The van der Waals surface area contributed by atoms with E-state index in [0.29, 0.717) is 6.26 Å². The molecule has 1 rings (SSSR count). The number of aryl methyl sites for hydroxylation is 1. The summed E-state index contributed by atoms with van der Waals surface area (Å²) in [6, 6.07) is 3.32. The van der Waals surface area contributed by atoms with Crippen LogP contribution in [-0.4, -0.2) is 19.9 Å². The van der Waals surface area contributed by atoms with Crippen molar-refractivity contribution in [2.75, 3.05) is 6.26 Å². The number of halogens is 2. The van der Waals surface area contributed by atoms with E-state index in [1.54, 1.807) is 6.92 Å². The molecule has 17 heavy (non-hydrogen) atoms. The largest absolute Gasteiger partial charge is 0.374 e. The Bertz CT molecular complexity index is 511. The summed E-state index contributed by atoms with van der Waals surface area (Å²) in [5.41, 5.74) is 0.682. The summed E-state index contributed by atoms with van der Waals surface area (Å²) in [4.78, 5) is 10.5. The molecule has 0 amide bonds. The van der Waals surface area contributed by atoms with Gasteiger partial charge in [0.15, 0.2) is 6.04 Å². The van der Waals surface area contributed by atoms with Gasteiger partial charge in [0.05, 0.1) is 0 Å². The second kappa shape index (κ2) is 4.48. The standard InChI is InChI=1S/C10H11F2NO3S/c1-7-3-5-8(6-4-7)9(13-14)10(11,12)17(2,15)16/h3-6,9H,1-2H3. The average molecular weight is 263 g/mol. The summed E-state index contributed by atoms with van der Waals surface area (Å²) in [6.07, 6.45) is 0.374. The first-order valence-corrected chi connectivity index (χ1v) is 6.55. The lowest BCUT2D eigenvalue weighted by Gasteiger charge is -2.19. The van der Waals surface area contributed by atoms with Crippen LogP contribution in [-0.2, 0) is 9.84 Å². The van der Waals surface area contributed by atoms with E-state index < -0.39 is 21.1 Å². The van der Waals surface area contributed by atoms with Gasteiger partial charge in [-0.1, -0.05) is 35.0 Å². The van der Waals surface area contributed by atoms with Gasteiger partial charge in [0, 0.05) is 6.26 Å². The predicted octanol–water partition coefficient (Wildman–Crippen LogP) is 2.44. The monoisotopic (exact) mass is 263 g/mol. The van der Waals surface area contributed by atoms with E-state index in [1.807, 2.05) is 0 Å². The van der Waals surface area contributed by atoms with E-state index in [9.17, 15) is 22.1 Å². The van der Waals surface area contributed by atoms with Gasteiger partial charge < -0.3 is 0 Å². The summed E-state index contributed by atoms with van der Waals surface area (Å²) in [7, 11) is -4.70. The lowest BCUT2D eigenvalue weighted by Crippen LogP contribution is -2.34. The summed E-state index contributed by atoms with van der Waals surface area (Å²) in [6.45, 7) is 1.74. The lowest BCUT2D eigenvalue weighted by molar-refractivity contribution is 0.0631. The first-order valence-electron chi connectivity index (χ1n) is 4.66. The normalized spacial score (nSPS) is 14.4. The second-order valence-corrected chi connectivity index (χ2v) is 5.84. The molecular weight excluding hydrogens is 252 g/mol. The van der Waals surface area contributed by atoms with Crippen molar-refractivity contribution in [2.45, 2.75) is 18.2 Å². The van der Waals surface area contributed by atoms with Crippen LogP contribution in [0.15, 0.2) is 29.4 Å². The summed E-state index contributed by atoms with van der Waals surface area (Å²) < 4.78 is 48.9. The van der Waals surface area contributed by atoms with Gasteiger partial charge in [-0.25, -0.2) is 8.42 Å². The molecule has 0 heterocycles. The number of hydrogen-bond donors (Lipinski definition) is 0. The minimum atomic E-state index is -4.70. The van der Waals surface area contributed by atoms with Gasteiger partial charge in [0.1, 0.15) is 0 Å². The quantitative estimate of drug-likeness (QED) is 0.784. The molecule has 0 aliphatic heterocycles. The Morgan fingerprint density at radius 2 is 1.71 bits per heavy atom. The third-order valence-electron chi connectivity index (χ3n) is 2.31. The number of alkyl halides is 2. The fourth-order valence-corrected chi connectivity index (χ4v) is 1.85. The Morgan fingerprint density at radius 1 is 1.24 bits per heavy atom. The maximum absolute atomic E-state index is 13.5. The van der Waals surface area contributed by atoms with E-state index >= 15 is 0 Å². The predicted molar refractivity (Wildman–Crippen MR) is 59.5 cm³/mol. The zero-order valence-corrected chi connectivity index (χ0v) is 10.0.